The average molecular weight is 731 g/mol. The van der Waals surface area contributed by atoms with Crippen LogP contribution in [0.1, 0.15) is 73.6 Å². The van der Waals surface area contributed by atoms with Gasteiger partial charge < -0.3 is 43.0 Å². The van der Waals surface area contributed by atoms with E-state index < -0.39 is 50.7 Å². The fourth-order valence-electron chi connectivity index (χ4n) is 14.2. The van der Waals surface area contributed by atoms with Crippen LogP contribution in [0.25, 0.3) is 0 Å². The summed E-state index contributed by atoms with van der Waals surface area (Å²) in [6.45, 7) is 12.7. The molecule has 15 atom stereocenters. The van der Waals surface area contributed by atoms with E-state index >= 15 is 0 Å². The number of hydrogen-bond donors (Lipinski definition) is 1. The summed E-state index contributed by atoms with van der Waals surface area (Å²) in [6.07, 6.45) is 3.38. The third-order valence-electron chi connectivity index (χ3n) is 17.3. The first kappa shape index (κ1) is 31.4. The molecule has 0 aromatic heterocycles. The second-order valence-electron chi connectivity index (χ2n) is 19.2. The minimum absolute atomic E-state index is 0.00412. The van der Waals surface area contributed by atoms with Gasteiger partial charge in [-0.15, -0.1) is 0 Å². The molecule has 8 aliphatic heterocycles. The Morgan fingerprint density at radius 3 is 1.98 bits per heavy atom. The van der Waals surface area contributed by atoms with Gasteiger partial charge in [0.2, 0.25) is 11.6 Å². The van der Waals surface area contributed by atoms with Crippen LogP contribution in [0.2, 0.25) is 0 Å². The minimum Gasteiger partial charge on any atom is -0.458 e. The summed E-state index contributed by atoms with van der Waals surface area (Å²) in [5.41, 5.74) is -3.23. The highest BCUT2D eigenvalue weighted by atomic mass is 16.8. The number of carbonyl (C=O) groups is 4. The van der Waals surface area contributed by atoms with Gasteiger partial charge in [-0.25, -0.2) is 9.59 Å². The topological polar surface area (TPSA) is 182 Å². The highest BCUT2D eigenvalue weighted by molar-refractivity contribution is 6.07. The van der Waals surface area contributed by atoms with Gasteiger partial charge in [-0.05, 0) is 49.2 Å². The molecular weight excluding hydrogens is 688 g/mol. The second kappa shape index (κ2) is 8.19. The fourth-order valence-corrected chi connectivity index (χ4v) is 14.2. The molecule has 280 valence electrons. The third kappa shape index (κ3) is 2.66. The number of esters is 2. The fraction of sp³-hybridized carbons (Fsp3) is 0.750. The zero-order valence-corrected chi connectivity index (χ0v) is 30.5. The van der Waals surface area contributed by atoms with Crippen molar-refractivity contribution in [3.05, 3.63) is 33.9 Å². The Balaban J connectivity index is 0.000000114. The Morgan fingerprint density at radius 2 is 1.28 bits per heavy atom. The van der Waals surface area contributed by atoms with E-state index in [1.165, 1.54) is 0 Å². The van der Waals surface area contributed by atoms with Crippen molar-refractivity contribution in [2.24, 2.45) is 22.7 Å². The predicted octanol–water partition coefficient (Wildman–Crippen LogP) is 1.66. The first-order valence-electron chi connectivity index (χ1n) is 19.5. The number of epoxide rings is 6. The first-order valence-corrected chi connectivity index (χ1v) is 19.5. The van der Waals surface area contributed by atoms with Crippen LogP contribution in [0.4, 0.5) is 0 Å². The van der Waals surface area contributed by atoms with Crippen LogP contribution in [-0.4, -0.2) is 118 Å². The molecule has 53 heavy (non-hydrogen) atoms. The number of rotatable bonds is 2. The van der Waals surface area contributed by atoms with Gasteiger partial charge in [-0.3, -0.25) is 9.59 Å². The molecular formula is C40H42O13. The number of cyclic esters (lactones) is 2. The molecule has 0 radical (unpaired) electrons. The van der Waals surface area contributed by atoms with Gasteiger partial charge in [0.25, 0.3) is 0 Å². The van der Waals surface area contributed by atoms with E-state index in [0.717, 1.165) is 23.1 Å². The molecule has 6 aliphatic carbocycles. The Bertz CT molecular complexity index is 2120. The van der Waals surface area contributed by atoms with Crippen molar-refractivity contribution < 1.29 is 62.2 Å². The maximum atomic E-state index is 13.7. The minimum atomic E-state index is -1.26. The van der Waals surface area contributed by atoms with Crippen molar-refractivity contribution in [2.45, 2.75) is 149 Å². The summed E-state index contributed by atoms with van der Waals surface area (Å²) in [5, 5.41) is 11.9. The normalized spacial score (nSPS) is 59.3. The van der Waals surface area contributed by atoms with Crippen molar-refractivity contribution in [1.82, 2.24) is 0 Å². The molecule has 0 amide bonds. The Morgan fingerprint density at radius 1 is 0.679 bits per heavy atom. The lowest BCUT2D eigenvalue weighted by molar-refractivity contribution is -0.157. The zero-order chi connectivity index (χ0) is 36.6. The van der Waals surface area contributed by atoms with Gasteiger partial charge in [-0.1, -0.05) is 41.5 Å². The van der Waals surface area contributed by atoms with Crippen molar-refractivity contribution in [3.63, 3.8) is 0 Å². The van der Waals surface area contributed by atoms with Crippen LogP contribution in [0.15, 0.2) is 33.9 Å². The lowest BCUT2D eigenvalue weighted by Gasteiger charge is -2.56. The smallest absolute Gasteiger partial charge is 0.334 e. The Labute approximate surface area is 304 Å². The van der Waals surface area contributed by atoms with Gasteiger partial charge >= 0.3 is 11.9 Å². The number of Topliss-reactive ketones (excluding diaryl/α,β-unsaturated/α-hetero) is 2. The van der Waals surface area contributed by atoms with Crippen LogP contribution in [0.5, 0.6) is 0 Å². The van der Waals surface area contributed by atoms with E-state index in [1.807, 2.05) is 34.6 Å². The molecule has 0 aromatic rings. The van der Waals surface area contributed by atoms with Gasteiger partial charge in [0.15, 0.2) is 22.4 Å². The van der Waals surface area contributed by atoms with E-state index in [9.17, 15) is 24.3 Å². The summed E-state index contributed by atoms with van der Waals surface area (Å²) in [4.78, 5) is 51.4. The molecule has 9 fully saturated rings. The lowest BCUT2D eigenvalue weighted by Crippen LogP contribution is -2.73. The molecule has 0 unspecified atom stereocenters. The maximum absolute atomic E-state index is 13.7. The largest absolute Gasteiger partial charge is 0.458 e. The third-order valence-corrected chi connectivity index (χ3v) is 17.3. The zero-order valence-electron chi connectivity index (χ0n) is 30.5. The van der Waals surface area contributed by atoms with E-state index in [4.69, 9.17) is 37.9 Å². The summed E-state index contributed by atoms with van der Waals surface area (Å²) in [6, 6.07) is 0. The van der Waals surface area contributed by atoms with Crippen molar-refractivity contribution in [2.75, 3.05) is 13.2 Å². The standard InChI is InChI=1S/C20H22O7.C20H20O6/c1-8(2)18-12(26-18)13-20(27-13)16(3)5-4-9-10(7-24-14(9)21)17(16,23)6-11-19(20,25-11)15(18)22;1-8(2)18-13(25-18)14-20(26-14)17(3)5-4-9-10(7-23-15(9)21)11(17)6-12-19(20,24-12)16(18)22/h8,11-13,23H,4-7H2,1-3H3;6,8,12-14H,4-5,7H2,1-3H3/t11-,12-,13-,16-,17+,18-,19+,20+;12-,13-,14-,17-,18-,19+,20+/m00/s1. The number of aliphatic hydroxyl groups is 1. The predicted molar refractivity (Wildman–Crippen MR) is 174 cm³/mol. The Hall–Kier alpha value is -2.78. The van der Waals surface area contributed by atoms with Crippen molar-refractivity contribution in [3.8, 4) is 0 Å². The van der Waals surface area contributed by atoms with Gasteiger partial charge in [0, 0.05) is 39.5 Å². The van der Waals surface area contributed by atoms with E-state index in [1.54, 1.807) is 0 Å². The monoisotopic (exact) mass is 730 g/mol. The number of hydrogen-bond acceptors (Lipinski definition) is 13. The number of ketones is 2. The van der Waals surface area contributed by atoms with E-state index in [0.29, 0.717) is 43.4 Å². The quantitative estimate of drug-likeness (QED) is 0.320. The van der Waals surface area contributed by atoms with Crippen LogP contribution in [0.3, 0.4) is 0 Å². The van der Waals surface area contributed by atoms with Crippen LogP contribution < -0.4 is 0 Å². The molecule has 6 saturated heterocycles. The highest BCUT2D eigenvalue weighted by Gasteiger charge is 3.03. The highest BCUT2D eigenvalue weighted by Crippen LogP contribution is 2.83. The summed E-state index contributed by atoms with van der Waals surface area (Å²) in [7, 11) is 0. The second-order valence-corrected chi connectivity index (χ2v) is 19.2. The van der Waals surface area contributed by atoms with Crippen molar-refractivity contribution in [1.29, 1.82) is 0 Å². The molecule has 3 saturated carbocycles. The SMILES string of the molecule is CC(C)[C@]12O[C@H]1[C@@H]1O[C@@]13[C@@]1(C)CCC4=C(COC4=O)C1=C[C@@H]1O[C@@]13C2=O.CC(C)[C@]12O[C@H]1[C@@H]1O[C@@]13[C@@]1(C)CCC4=C(COC4=O)[C@]1(O)C[C@@H]1O[C@@]13C2=O. The molecule has 0 aromatic carbocycles. The van der Waals surface area contributed by atoms with Gasteiger partial charge in [0.1, 0.15) is 66.6 Å². The Kier molecular flexibility index (Phi) is 4.86. The molecule has 4 spiro atoms. The molecule has 14 aliphatic rings. The number of carbonyl (C=O) groups excluding carboxylic acids is 4. The molecule has 0 bridgehead atoms. The average Bonchev–Trinajstić information content (AvgIpc) is 3.89. The van der Waals surface area contributed by atoms with E-state index in [-0.39, 0.29) is 77.9 Å². The lowest BCUT2D eigenvalue weighted by atomic mass is 9.45. The molecule has 8 heterocycles. The van der Waals surface area contributed by atoms with Crippen LogP contribution in [0, 0.1) is 22.7 Å². The molecule has 13 heteroatoms. The molecule has 13 nitrogen and oxygen atoms in total. The van der Waals surface area contributed by atoms with E-state index in [2.05, 4.69) is 13.0 Å². The van der Waals surface area contributed by atoms with Crippen LogP contribution >= 0.6 is 0 Å². The number of fused-ring (bicyclic) bond motifs is 8. The summed E-state index contributed by atoms with van der Waals surface area (Å²) >= 11 is 0. The van der Waals surface area contributed by atoms with Crippen molar-refractivity contribution >= 4 is 23.5 Å². The van der Waals surface area contributed by atoms with Crippen LogP contribution in [-0.2, 0) is 57.1 Å². The molecule has 1 N–H and O–H groups in total. The molecule has 14 rings (SSSR count). The van der Waals surface area contributed by atoms with Gasteiger partial charge in [-0.2, -0.15) is 0 Å². The first-order chi connectivity index (χ1) is 25.0. The summed E-state index contributed by atoms with van der Waals surface area (Å²) < 4.78 is 47.6. The number of ether oxygens (including phenoxy) is 8. The summed E-state index contributed by atoms with van der Waals surface area (Å²) in [5.74, 6) is -0.322. The van der Waals surface area contributed by atoms with Gasteiger partial charge in [0.05, 0.1) is 0 Å². The maximum Gasteiger partial charge on any atom is 0.334 e.